The molecule has 0 amide bonds. The molecule has 0 aliphatic rings. The fraction of sp³-hybridized carbons (Fsp3) is 0.300. The molecule has 0 saturated heterocycles. The van der Waals surface area contributed by atoms with E-state index in [1.165, 1.54) is 0 Å². The van der Waals surface area contributed by atoms with Gasteiger partial charge >= 0.3 is 0 Å². The van der Waals surface area contributed by atoms with Crippen LogP contribution in [0.4, 0.5) is 8.78 Å². The fourth-order valence-electron chi connectivity index (χ4n) is 1.09. The van der Waals surface area contributed by atoms with E-state index in [4.69, 9.17) is 0 Å². The zero-order chi connectivity index (χ0) is 9.84. The van der Waals surface area contributed by atoms with Crippen molar-refractivity contribution in [1.82, 2.24) is 0 Å². The van der Waals surface area contributed by atoms with E-state index >= 15 is 0 Å². The summed E-state index contributed by atoms with van der Waals surface area (Å²) in [4.78, 5) is 11.2. The van der Waals surface area contributed by atoms with Crippen LogP contribution < -0.4 is 0 Å². The minimum Gasteiger partial charge on any atom is -0.294 e. The summed E-state index contributed by atoms with van der Waals surface area (Å²) in [6, 6.07) is 2.87. The lowest BCUT2D eigenvalue weighted by molar-refractivity contribution is 0.0981. The Labute approximate surface area is 75.4 Å². The molecule has 13 heavy (non-hydrogen) atoms. The van der Waals surface area contributed by atoms with Crippen molar-refractivity contribution >= 4 is 5.78 Å². The van der Waals surface area contributed by atoms with Crippen LogP contribution in [-0.4, -0.2) is 5.78 Å². The van der Waals surface area contributed by atoms with E-state index in [1.807, 2.05) is 6.92 Å². The minimum atomic E-state index is -0.709. The molecular weight excluding hydrogens is 174 g/mol. The van der Waals surface area contributed by atoms with Crippen molar-refractivity contribution in [1.29, 1.82) is 0 Å². The van der Waals surface area contributed by atoms with Crippen molar-refractivity contribution in [3.63, 3.8) is 0 Å². The van der Waals surface area contributed by atoms with Crippen molar-refractivity contribution in [2.75, 3.05) is 0 Å². The third kappa shape index (κ3) is 2.61. The molecule has 1 aromatic rings. The molecular formula is C10H10F2O. The maximum Gasteiger partial charge on any atom is 0.163 e. The Hall–Kier alpha value is -1.25. The van der Waals surface area contributed by atoms with Gasteiger partial charge in [-0.05, 0) is 18.6 Å². The molecule has 0 bridgehead atoms. The van der Waals surface area contributed by atoms with Crippen LogP contribution in [0.5, 0.6) is 0 Å². The Balaban J connectivity index is 2.94. The number of ketones is 1. The summed E-state index contributed by atoms with van der Waals surface area (Å²) >= 11 is 0. The van der Waals surface area contributed by atoms with Gasteiger partial charge in [-0.3, -0.25) is 4.79 Å². The summed E-state index contributed by atoms with van der Waals surface area (Å²) in [6.07, 6.45) is 1.000. The first-order chi connectivity index (χ1) is 6.13. The van der Waals surface area contributed by atoms with E-state index in [1.54, 1.807) is 0 Å². The third-order valence-electron chi connectivity index (χ3n) is 1.66. The summed E-state index contributed by atoms with van der Waals surface area (Å²) in [5.74, 6) is -1.64. The van der Waals surface area contributed by atoms with E-state index in [0.29, 0.717) is 12.8 Å². The normalized spacial score (nSPS) is 10.1. The van der Waals surface area contributed by atoms with E-state index in [9.17, 15) is 13.6 Å². The lowest BCUT2D eigenvalue weighted by Crippen LogP contribution is -1.99. The first-order valence-electron chi connectivity index (χ1n) is 4.12. The lowest BCUT2D eigenvalue weighted by atomic mass is 10.1. The van der Waals surface area contributed by atoms with Crippen molar-refractivity contribution in [2.24, 2.45) is 0 Å². The second-order valence-corrected chi connectivity index (χ2v) is 2.83. The van der Waals surface area contributed by atoms with E-state index in [0.717, 1.165) is 18.2 Å². The highest BCUT2D eigenvalue weighted by molar-refractivity contribution is 5.95. The van der Waals surface area contributed by atoms with Crippen LogP contribution in [0.25, 0.3) is 0 Å². The first-order valence-corrected chi connectivity index (χ1v) is 4.12. The number of Topliss-reactive ketones (excluding diaryl/α,β-unsaturated/α-hetero) is 1. The van der Waals surface area contributed by atoms with E-state index < -0.39 is 11.6 Å². The Morgan fingerprint density at radius 1 is 1.23 bits per heavy atom. The Bertz CT molecular complexity index is 300. The maximum absolute atomic E-state index is 12.6. The van der Waals surface area contributed by atoms with E-state index in [2.05, 4.69) is 0 Å². The number of carbonyl (C=O) groups is 1. The summed E-state index contributed by atoms with van der Waals surface area (Å²) in [6.45, 7) is 1.84. The molecule has 1 rings (SSSR count). The Morgan fingerprint density at radius 2 is 1.77 bits per heavy atom. The van der Waals surface area contributed by atoms with Crippen LogP contribution >= 0.6 is 0 Å². The molecule has 0 aliphatic heterocycles. The number of hydrogen-bond acceptors (Lipinski definition) is 1. The number of carbonyl (C=O) groups excluding carboxylic acids is 1. The predicted octanol–water partition coefficient (Wildman–Crippen LogP) is 2.95. The van der Waals surface area contributed by atoms with Crippen molar-refractivity contribution in [3.8, 4) is 0 Å². The molecule has 0 fully saturated rings. The smallest absolute Gasteiger partial charge is 0.163 e. The molecule has 0 aliphatic carbocycles. The van der Waals surface area contributed by atoms with Gasteiger partial charge in [0.05, 0.1) is 0 Å². The average molecular weight is 184 g/mol. The SMILES string of the molecule is CCCC(=O)c1cc(F)cc(F)c1. The highest BCUT2D eigenvalue weighted by Gasteiger charge is 2.07. The first kappa shape index (κ1) is 9.84. The minimum absolute atomic E-state index is 0.111. The van der Waals surface area contributed by atoms with Crippen LogP contribution in [0.1, 0.15) is 30.1 Å². The molecule has 0 spiro atoms. The third-order valence-corrected chi connectivity index (χ3v) is 1.66. The molecule has 0 heterocycles. The van der Waals surface area contributed by atoms with Gasteiger partial charge in [0.1, 0.15) is 11.6 Å². The molecule has 0 radical (unpaired) electrons. The standard InChI is InChI=1S/C10H10F2O/c1-2-3-10(13)7-4-8(11)6-9(12)5-7/h4-6H,2-3H2,1H3. The van der Waals surface area contributed by atoms with Gasteiger partial charge in [0.2, 0.25) is 0 Å². The Morgan fingerprint density at radius 3 is 2.23 bits per heavy atom. The fourth-order valence-corrected chi connectivity index (χ4v) is 1.09. The summed E-state index contributed by atoms with van der Waals surface area (Å²) in [7, 11) is 0. The molecule has 1 nitrogen and oxygen atoms in total. The van der Waals surface area contributed by atoms with Crippen LogP contribution in [-0.2, 0) is 0 Å². The zero-order valence-electron chi connectivity index (χ0n) is 7.31. The molecule has 0 saturated carbocycles. The van der Waals surface area contributed by atoms with Crippen LogP contribution in [0, 0.1) is 11.6 Å². The van der Waals surface area contributed by atoms with Crippen molar-refractivity contribution in [3.05, 3.63) is 35.4 Å². The lowest BCUT2D eigenvalue weighted by Gasteiger charge is -1.99. The molecule has 70 valence electrons. The van der Waals surface area contributed by atoms with Crippen molar-refractivity contribution in [2.45, 2.75) is 19.8 Å². The molecule has 0 aromatic heterocycles. The van der Waals surface area contributed by atoms with Gasteiger partial charge in [-0.1, -0.05) is 6.92 Å². The van der Waals surface area contributed by atoms with Gasteiger partial charge in [0, 0.05) is 18.1 Å². The topological polar surface area (TPSA) is 17.1 Å². The number of benzene rings is 1. The van der Waals surface area contributed by atoms with Crippen LogP contribution in [0.2, 0.25) is 0 Å². The second-order valence-electron chi connectivity index (χ2n) is 2.83. The number of halogens is 2. The summed E-state index contributed by atoms with van der Waals surface area (Å²) in [5.41, 5.74) is 0.111. The molecule has 1 aromatic carbocycles. The number of rotatable bonds is 3. The van der Waals surface area contributed by atoms with Gasteiger partial charge in [-0.2, -0.15) is 0 Å². The second kappa shape index (κ2) is 4.12. The van der Waals surface area contributed by atoms with Crippen LogP contribution in [0.15, 0.2) is 18.2 Å². The largest absolute Gasteiger partial charge is 0.294 e. The zero-order valence-corrected chi connectivity index (χ0v) is 7.31. The van der Waals surface area contributed by atoms with Gasteiger partial charge in [-0.25, -0.2) is 8.78 Å². The monoisotopic (exact) mass is 184 g/mol. The molecule has 0 atom stereocenters. The quantitative estimate of drug-likeness (QED) is 0.660. The number of hydrogen-bond donors (Lipinski definition) is 0. The molecule has 3 heteroatoms. The van der Waals surface area contributed by atoms with Crippen molar-refractivity contribution < 1.29 is 13.6 Å². The van der Waals surface area contributed by atoms with Gasteiger partial charge in [-0.15, -0.1) is 0 Å². The van der Waals surface area contributed by atoms with Gasteiger partial charge in [0.15, 0.2) is 5.78 Å². The van der Waals surface area contributed by atoms with E-state index in [-0.39, 0.29) is 11.3 Å². The highest BCUT2D eigenvalue weighted by atomic mass is 19.1. The summed E-state index contributed by atoms with van der Waals surface area (Å²) in [5, 5.41) is 0. The highest BCUT2D eigenvalue weighted by Crippen LogP contribution is 2.10. The van der Waals surface area contributed by atoms with Crippen LogP contribution in [0.3, 0.4) is 0 Å². The average Bonchev–Trinajstić information content (AvgIpc) is 2.03. The summed E-state index contributed by atoms with van der Waals surface area (Å²) < 4.78 is 25.3. The Kier molecular flexibility index (Phi) is 3.12. The molecule has 0 unspecified atom stereocenters. The molecule has 0 N–H and O–H groups in total. The van der Waals surface area contributed by atoms with Gasteiger partial charge < -0.3 is 0 Å². The van der Waals surface area contributed by atoms with Gasteiger partial charge in [0.25, 0.3) is 0 Å². The maximum atomic E-state index is 12.6. The predicted molar refractivity (Wildman–Crippen MR) is 45.6 cm³/mol.